The van der Waals surface area contributed by atoms with Crippen molar-refractivity contribution in [1.29, 1.82) is 0 Å². The molecule has 0 aromatic carbocycles. The van der Waals surface area contributed by atoms with Crippen molar-refractivity contribution in [2.24, 2.45) is 0 Å². The van der Waals surface area contributed by atoms with Gasteiger partial charge in [-0.2, -0.15) is 0 Å². The van der Waals surface area contributed by atoms with E-state index in [1.54, 1.807) is 4.57 Å². The van der Waals surface area contributed by atoms with Crippen LogP contribution in [0.4, 0.5) is 5.82 Å². The lowest BCUT2D eigenvalue weighted by Crippen LogP contribution is -2.31. The molecule has 1 saturated heterocycles. The fourth-order valence-corrected chi connectivity index (χ4v) is 2.95. The number of aliphatic hydroxyl groups is 2. The minimum atomic E-state index is -1.03. The Balaban J connectivity index is 2.08. The Morgan fingerprint density at radius 3 is 2.73 bits per heavy atom. The molecule has 1 aliphatic rings. The van der Waals surface area contributed by atoms with Gasteiger partial charge < -0.3 is 20.7 Å². The standard InChI is InChI=1S/C14H21N5O3/c1-3-5-7-10(20)11(21)14(22-7)19-8(4-2)18-9-12(15)16-6-17-13(9)19/h6-7,10-11,14,20-21H,3-5H2,1-2H3,(H2,15,16,17)/t7-,10-,11-,14-/m1/s1. The number of rotatable bonds is 4. The number of imidazole rings is 1. The van der Waals surface area contributed by atoms with Crippen LogP contribution in [0.25, 0.3) is 11.2 Å². The van der Waals surface area contributed by atoms with Gasteiger partial charge in [0, 0.05) is 6.42 Å². The number of hydrogen-bond acceptors (Lipinski definition) is 7. The largest absolute Gasteiger partial charge is 0.388 e. The van der Waals surface area contributed by atoms with Gasteiger partial charge in [0.1, 0.15) is 24.4 Å². The Bertz CT molecular complexity index is 674. The molecule has 22 heavy (non-hydrogen) atoms. The molecule has 0 aliphatic carbocycles. The maximum Gasteiger partial charge on any atom is 0.167 e. The predicted molar refractivity (Wildman–Crippen MR) is 79.9 cm³/mol. The zero-order chi connectivity index (χ0) is 15.9. The first-order valence-electron chi connectivity index (χ1n) is 7.57. The lowest BCUT2D eigenvalue weighted by atomic mass is 10.1. The molecule has 3 rings (SSSR count). The summed E-state index contributed by atoms with van der Waals surface area (Å²) in [6.07, 6.45) is 0.448. The van der Waals surface area contributed by atoms with E-state index >= 15 is 0 Å². The highest BCUT2D eigenvalue weighted by Gasteiger charge is 2.44. The normalized spacial score (nSPS) is 28.5. The number of fused-ring (bicyclic) bond motifs is 1. The van der Waals surface area contributed by atoms with Gasteiger partial charge in [-0.1, -0.05) is 20.3 Å². The first-order valence-corrected chi connectivity index (χ1v) is 7.57. The monoisotopic (exact) mass is 307 g/mol. The van der Waals surface area contributed by atoms with E-state index in [4.69, 9.17) is 10.5 Å². The molecule has 3 heterocycles. The van der Waals surface area contributed by atoms with E-state index in [9.17, 15) is 10.2 Å². The molecule has 0 radical (unpaired) electrons. The number of anilines is 1. The van der Waals surface area contributed by atoms with E-state index in [0.29, 0.717) is 29.8 Å². The van der Waals surface area contributed by atoms with Crippen LogP contribution in [0.1, 0.15) is 38.7 Å². The summed E-state index contributed by atoms with van der Waals surface area (Å²) >= 11 is 0. The van der Waals surface area contributed by atoms with Crippen LogP contribution in [0.5, 0.6) is 0 Å². The fourth-order valence-electron chi connectivity index (χ4n) is 2.95. The lowest BCUT2D eigenvalue weighted by molar-refractivity contribution is -0.0384. The van der Waals surface area contributed by atoms with Crippen molar-refractivity contribution in [1.82, 2.24) is 19.5 Å². The number of ether oxygens (including phenoxy) is 1. The van der Waals surface area contributed by atoms with E-state index in [-0.39, 0.29) is 5.82 Å². The first kappa shape index (κ1) is 15.1. The molecular formula is C14H21N5O3. The van der Waals surface area contributed by atoms with Crippen LogP contribution in [-0.2, 0) is 11.2 Å². The number of aryl methyl sites for hydroxylation is 1. The van der Waals surface area contributed by atoms with Crippen LogP contribution >= 0.6 is 0 Å². The molecule has 120 valence electrons. The average molecular weight is 307 g/mol. The molecular weight excluding hydrogens is 286 g/mol. The molecule has 0 bridgehead atoms. The van der Waals surface area contributed by atoms with Gasteiger partial charge >= 0.3 is 0 Å². The molecule has 2 aromatic rings. The lowest BCUT2D eigenvalue weighted by Gasteiger charge is -2.19. The van der Waals surface area contributed by atoms with Gasteiger partial charge in [0.05, 0.1) is 6.10 Å². The maximum absolute atomic E-state index is 10.4. The number of nitrogen functional groups attached to an aromatic ring is 1. The molecule has 1 fully saturated rings. The zero-order valence-corrected chi connectivity index (χ0v) is 12.7. The third-order valence-corrected chi connectivity index (χ3v) is 4.06. The summed E-state index contributed by atoms with van der Waals surface area (Å²) in [4.78, 5) is 12.6. The zero-order valence-electron chi connectivity index (χ0n) is 12.7. The third kappa shape index (κ3) is 2.23. The van der Waals surface area contributed by atoms with E-state index < -0.39 is 24.5 Å². The summed E-state index contributed by atoms with van der Waals surface area (Å²) in [6, 6.07) is 0. The van der Waals surface area contributed by atoms with Gasteiger partial charge in [-0.15, -0.1) is 0 Å². The summed E-state index contributed by atoms with van der Waals surface area (Å²) in [6.45, 7) is 3.95. The van der Waals surface area contributed by atoms with Crippen molar-refractivity contribution in [3.05, 3.63) is 12.2 Å². The molecule has 4 atom stereocenters. The number of hydrogen-bond donors (Lipinski definition) is 3. The molecule has 4 N–H and O–H groups in total. The minimum Gasteiger partial charge on any atom is -0.388 e. The van der Waals surface area contributed by atoms with Gasteiger partial charge in [-0.05, 0) is 6.42 Å². The third-order valence-electron chi connectivity index (χ3n) is 4.06. The van der Waals surface area contributed by atoms with E-state index in [1.807, 2.05) is 13.8 Å². The Kier molecular flexibility index (Phi) is 3.98. The highest BCUT2D eigenvalue weighted by molar-refractivity contribution is 5.81. The molecule has 1 aliphatic heterocycles. The average Bonchev–Trinajstić information content (AvgIpc) is 3.01. The van der Waals surface area contributed by atoms with Crippen molar-refractivity contribution in [2.75, 3.05) is 5.73 Å². The van der Waals surface area contributed by atoms with Gasteiger partial charge in [0.15, 0.2) is 23.2 Å². The Morgan fingerprint density at radius 2 is 2.05 bits per heavy atom. The van der Waals surface area contributed by atoms with Crippen molar-refractivity contribution in [2.45, 2.75) is 57.6 Å². The van der Waals surface area contributed by atoms with Crippen LogP contribution < -0.4 is 5.73 Å². The molecule has 8 heteroatoms. The number of nitrogens with zero attached hydrogens (tertiary/aromatic N) is 4. The number of aromatic nitrogens is 4. The van der Waals surface area contributed by atoms with Crippen LogP contribution in [0.2, 0.25) is 0 Å². The second-order valence-electron chi connectivity index (χ2n) is 5.52. The van der Waals surface area contributed by atoms with Crippen molar-refractivity contribution < 1.29 is 14.9 Å². The second-order valence-corrected chi connectivity index (χ2v) is 5.52. The summed E-state index contributed by atoms with van der Waals surface area (Å²) in [5.74, 6) is 0.979. The van der Waals surface area contributed by atoms with Crippen LogP contribution in [-0.4, -0.2) is 48.0 Å². The van der Waals surface area contributed by atoms with E-state index in [1.165, 1.54) is 6.33 Å². The molecule has 0 saturated carbocycles. The Hall–Kier alpha value is -1.77. The van der Waals surface area contributed by atoms with E-state index in [2.05, 4.69) is 15.0 Å². The maximum atomic E-state index is 10.4. The summed E-state index contributed by atoms with van der Waals surface area (Å²) in [5.41, 5.74) is 6.85. The van der Waals surface area contributed by atoms with Crippen LogP contribution in [0.15, 0.2) is 6.33 Å². The Labute approximate surface area is 128 Å². The van der Waals surface area contributed by atoms with Gasteiger partial charge in [0.25, 0.3) is 0 Å². The second kappa shape index (κ2) is 5.79. The predicted octanol–water partition coefficient (Wildman–Crippen LogP) is 0.390. The summed E-state index contributed by atoms with van der Waals surface area (Å²) in [7, 11) is 0. The Morgan fingerprint density at radius 1 is 1.27 bits per heavy atom. The molecule has 8 nitrogen and oxygen atoms in total. The SMILES string of the molecule is CCC[C@H]1O[C@@H](n2c(CC)nc3c(N)ncnc32)[C@H](O)[C@@H]1O. The first-order chi connectivity index (χ1) is 10.6. The van der Waals surface area contributed by atoms with Crippen LogP contribution in [0, 0.1) is 0 Å². The number of nitrogens with two attached hydrogens (primary N) is 1. The highest BCUT2D eigenvalue weighted by Crippen LogP contribution is 2.35. The quantitative estimate of drug-likeness (QED) is 0.747. The minimum absolute atomic E-state index is 0.289. The van der Waals surface area contributed by atoms with Gasteiger partial charge in [0.2, 0.25) is 0 Å². The summed E-state index contributed by atoms with van der Waals surface area (Å²) < 4.78 is 7.60. The van der Waals surface area contributed by atoms with Crippen molar-refractivity contribution in [3.8, 4) is 0 Å². The van der Waals surface area contributed by atoms with E-state index in [0.717, 1.165) is 6.42 Å². The molecule has 0 spiro atoms. The fraction of sp³-hybridized carbons (Fsp3) is 0.643. The van der Waals surface area contributed by atoms with Gasteiger partial charge in [-0.25, -0.2) is 15.0 Å². The smallest absolute Gasteiger partial charge is 0.167 e. The van der Waals surface area contributed by atoms with Gasteiger partial charge in [-0.3, -0.25) is 4.57 Å². The molecule has 0 unspecified atom stereocenters. The topological polar surface area (TPSA) is 119 Å². The van der Waals surface area contributed by atoms with Crippen molar-refractivity contribution >= 4 is 17.0 Å². The van der Waals surface area contributed by atoms with Crippen LogP contribution in [0.3, 0.4) is 0 Å². The van der Waals surface area contributed by atoms with Crippen molar-refractivity contribution in [3.63, 3.8) is 0 Å². The molecule has 0 amide bonds. The molecule has 2 aromatic heterocycles. The number of aliphatic hydroxyl groups excluding tert-OH is 2. The highest BCUT2D eigenvalue weighted by atomic mass is 16.6. The summed E-state index contributed by atoms with van der Waals surface area (Å²) in [5, 5.41) is 20.6.